The number of rotatable bonds is 10. The summed E-state index contributed by atoms with van der Waals surface area (Å²) in [6.07, 6.45) is 4.38. The van der Waals surface area contributed by atoms with Crippen molar-refractivity contribution in [1.29, 1.82) is 0 Å². The van der Waals surface area contributed by atoms with Crippen LogP contribution in [0.25, 0.3) is 0 Å². The van der Waals surface area contributed by atoms with Gasteiger partial charge in [0.05, 0.1) is 16.7 Å². The van der Waals surface area contributed by atoms with Crippen molar-refractivity contribution < 1.29 is 27.8 Å². The summed E-state index contributed by atoms with van der Waals surface area (Å²) in [6, 6.07) is 4.41. The Morgan fingerprint density at radius 2 is 1.89 bits per heavy atom. The van der Waals surface area contributed by atoms with Gasteiger partial charge in [0.1, 0.15) is 6.10 Å². The van der Waals surface area contributed by atoms with Gasteiger partial charge in [-0.3, -0.25) is 9.78 Å². The van der Waals surface area contributed by atoms with Gasteiger partial charge < -0.3 is 14.2 Å². The molecule has 1 aliphatic carbocycles. The van der Waals surface area contributed by atoms with Crippen LogP contribution in [0.1, 0.15) is 30.1 Å². The van der Waals surface area contributed by atoms with E-state index in [4.69, 9.17) is 32.7 Å². The quantitative estimate of drug-likeness (QED) is 0.481. The Hall–Kier alpha value is -2.12. The fourth-order valence-corrected chi connectivity index (χ4v) is 3.17. The molecule has 0 saturated heterocycles. The molecule has 1 aromatic carbocycles. The number of nitrogens with zero attached hydrogens (tertiary/aromatic N) is 1. The highest BCUT2D eigenvalue weighted by molar-refractivity contribution is 6.35. The van der Waals surface area contributed by atoms with Crippen molar-refractivity contribution in [1.82, 2.24) is 4.98 Å². The van der Waals surface area contributed by atoms with Crippen molar-refractivity contribution in [2.24, 2.45) is 5.92 Å². The zero-order chi connectivity index (χ0) is 20.1. The molecule has 0 bridgehead atoms. The third-order valence-electron chi connectivity index (χ3n) is 4.29. The molecule has 0 amide bonds. The molecule has 28 heavy (non-hydrogen) atoms. The largest absolute Gasteiger partial charge is 0.489 e. The van der Waals surface area contributed by atoms with E-state index in [2.05, 4.69) is 9.72 Å². The summed E-state index contributed by atoms with van der Waals surface area (Å²) in [5.74, 6) is 0.500. The number of hydrogen-bond acceptors (Lipinski definition) is 5. The number of aromatic nitrogens is 1. The molecule has 0 spiro atoms. The molecule has 1 aliphatic rings. The molecular weight excluding hydrogens is 415 g/mol. The number of hydrogen-bond donors (Lipinski definition) is 0. The van der Waals surface area contributed by atoms with E-state index in [1.54, 1.807) is 0 Å². The first-order valence-corrected chi connectivity index (χ1v) is 9.32. The van der Waals surface area contributed by atoms with Gasteiger partial charge >= 0.3 is 6.61 Å². The second-order valence-corrected chi connectivity index (χ2v) is 7.16. The second-order valence-electron chi connectivity index (χ2n) is 6.35. The molecule has 0 radical (unpaired) electrons. The minimum Gasteiger partial charge on any atom is -0.489 e. The molecule has 1 fully saturated rings. The van der Waals surface area contributed by atoms with Crippen LogP contribution in [0.3, 0.4) is 0 Å². The van der Waals surface area contributed by atoms with Crippen molar-refractivity contribution in [3.63, 3.8) is 0 Å². The average molecular weight is 432 g/mol. The lowest BCUT2D eigenvalue weighted by Gasteiger charge is -2.19. The van der Waals surface area contributed by atoms with Crippen LogP contribution in [0.5, 0.6) is 11.5 Å². The summed E-state index contributed by atoms with van der Waals surface area (Å²) in [5.41, 5.74) is 1.09. The smallest absolute Gasteiger partial charge is 0.387 e. The standard InChI is InChI=1S/C19H17Cl2F2NO4/c20-14-7-24-8-15(21)13(14)6-17(27-10-25)12-3-4-16(28-19(22)23)18(5-12)26-9-11-1-2-11/h3-5,7-8,10-11,17,19H,1-2,6,9H2. The molecule has 0 aliphatic heterocycles. The Balaban J connectivity index is 1.88. The number of ether oxygens (including phenoxy) is 3. The van der Waals surface area contributed by atoms with E-state index in [-0.39, 0.29) is 17.9 Å². The third kappa shape index (κ3) is 5.45. The predicted molar refractivity (Wildman–Crippen MR) is 99.1 cm³/mol. The van der Waals surface area contributed by atoms with Crippen LogP contribution in [0, 0.1) is 5.92 Å². The molecule has 5 nitrogen and oxygen atoms in total. The van der Waals surface area contributed by atoms with Gasteiger partial charge in [0.15, 0.2) is 11.5 Å². The van der Waals surface area contributed by atoms with Crippen LogP contribution in [0.4, 0.5) is 8.78 Å². The molecule has 0 N–H and O–H groups in total. The van der Waals surface area contributed by atoms with Crippen LogP contribution in [-0.4, -0.2) is 24.7 Å². The SMILES string of the molecule is O=COC(Cc1c(Cl)cncc1Cl)c1ccc(OC(F)F)c(OCC2CC2)c1. The van der Waals surface area contributed by atoms with Gasteiger partial charge in [0.2, 0.25) is 0 Å². The van der Waals surface area contributed by atoms with E-state index in [1.165, 1.54) is 30.6 Å². The van der Waals surface area contributed by atoms with E-state index >= 15 is 0 Å². The fourth-order valence-electron chi connectivity index (χ4n) is 2.65. The summed E-state index contributed by atoms with van der Waals surface area (Å²) >= 11 is 12.3. The van der Waals surface area contributed by atoms with Crippen molar-refractivity contribution in [2.75, 3.05) is 6.61 Å². The van der Waals surface area contributed by atoms with Gasteiger partial charge in [0.25, 0.3) is 6.47 Å². The van der Waals surface area contributed by atoms with Crippen LogP contribution < -0.4 is 9.47 Å². The minimum atomic E-state index is -2.98. The molecule has 2 aromatic rings. The van der Waals surface area contributed by atoms with E-state index in [0.29, 0.717) is 40.2 Å². The van der Waals surface area contributed by atoms with Gasteiger partial charge in [-0.05, 0) is 42.0 Å². The molecule has 1 saturated carbocycles. The second kappa shape index (κ2) is 9.39. The third-order valence-corrected chi connectivity index (χ3v) is 4.94. The highest BCUT2D eigenvalue weighted by Gasteiger charge is 2.24. The Morgan fingerprint density at radius 3 is 2.50 bits per heavy atom. The first-order valence-electron chi connectivity index (χ1n) is 8.56. The molecule has 1 atom stereocenters. The van der Waals surface area contributed by atoms with Gasteiger partial charge in [-0.15, -0.1) is 0 Å². The average Bonchev–Trinajstić information content (AvgIpc) is 3.47. The van der Waals surface area contributed by atoms with Crippen molar-refractivity contribution in [3.8, 4) is 11.5 Å². The lowest BCUT2D eigenvalue weighted by atomic mass is 10.0. The summed E-state index contributed by atoms with van der Waals surface area (Å²) < 4.78 is 40.8. The Kier molecular flexibility index (Phi) is 6.91. The first-order chi connectivity index (χ1) is 13.5. The highest BCUT2D eigenvalue weighted by Crippen LogP contribution is 2.37. The summed E-state index contributed by atoms with van der Waals surface area (Å²) in [4.78, 5) is 14.9. The summed E-state index contributed by atoms with van der Waals surface area (Å²) in [5, 5.41) is 0.657. The fraction of sp³-hybridized carbons (Fsp3) is 0.368. The van der Waals surface area contributed by atoms with Crippen molar-refractivity contribution >= 4 is 29.7 Å². The molecule has 1 unspecified atom stereocenters. The molecule has 3 rings (SSSR count). The zero-order valence-corrected chi connectivity index (χ0v) is 16.1. The maximum atomic E-state index is 12.7. The van der Waals surface area contributed by atoms with Crippen LogP contribution in [0.15, 0.2) is 30.6 Å². The van der Waals surface area contributed by atoms with Gasteiger partial charge in [-0.25, -0.2) is 0 Å². The normalized spacial score (nSPS) is 14.6. The Bertz CT molecular complexity index is 813. The molecule has 150 valence electrons. The van der Waals surface area contributed by atoms with Crippen LogP contribution >= 0.6 is 23.2 Å². The first kappa shape index (κ1) is 20.6. The number of benzene rings is 1. The van der Waals surface area contributed by atoms with E-state index < -0.39 is 12.7 Å². The summed E-state index contributed by atoms with van der Waals surface area (Å²) in [6.45, 7) is -2.27. The molecule has 1 heterocycles. The van der Waals surface area contributed by atoms with Crippen molar-refractivity contribution in [2.45, 2.75) is 32.0 Å². The van der Waals surface area contributed by atoms with Gasteiger partial charge in [-0.2, -0.15) is 8.78 Å². The number of carbonyl (C=O) groups excluding carboxylic acids is 1. The van der Waals surface area contributed by atoms with Crippen LogP contribution in [-0.2, 0) is 16.0 Å². The molecule has 1 aromatic heterocycles. The monoisotopic (exact) mass is 431 g/mol. The number of carbonyl (C=O) groups is 1. The predicted octanol–water partition coefficient (Wildman–Crippen LogP) is 5.24. The maximum Gasteiger partial charge on any atom is 0.387 e. The van der Waals surface area contributed by atoms with E-state index in [1.807, 2.05) is 0 Å². The number of alkyl halides is 2. The van der Waals surface area contributed by atoms with Gasteiger partial charge in [-0.1, -0.05) is 29.3 Å². The van der Waals surface area contributed by atoms with Gasteiger partial charge in [0, 0.05) is 18.8 Å². The zero-order valence-electron chi connectivity index (χ0n) is 14.6. The number of pyridine rings is 1. The van der Waals surface area contributed by atoms with E-state index in [0.717, 1.165) is 12.8 Å². The summed E-state index contributed by atoms with van der Waals surface area (Å²) in [7, 11) is 0. The number of halogens is 4. The van der Waals surface area contributed by atoms with E-state index in [9.17, 15) is 13.6 Å². The molecule has 9 heteroatoms. The van der Waals surface area contributed by atoms with Crippen molar-refractivity contribution in [3.05, 3.63) is 51.8 Å². The lowest BCUT2D eigenvalue weighted by molar-refractivity contribution is -0.133. The molecular formula is C19H17Cl2F2NO4. The highest BCUT2D eigenvalue weighted by atomic mass is 35.5. The van der Waals surface area contributed by atoms with Crippen LogP contribution in [0.2, 0.25) is 10.0 Å². The Morgan fingerprint density at radius 1 is 1.18 bits per heavy atom. The maximum absolute atomic E-state index is 12.7. The Labute approximate surface area is 170 Å². The topological polar surface area (TPSA) is 57.7 Å². The lowest BCUT2D eigenvalue weighted by Crippen LogP contribution is -2.10. The minimum absolute atomic E-state index is 0.0794.